The lowest BCUT2D eigenvalue weighted by molar-refractivity contribution is -0.149. The summed E-state index contributed by atoms with van der Waals surface area (Å²) in [5.74, 6) is 0.524. The third kappa shape index (κ3) is 3.24. The van der Waals surface area contributed by atoms with Gasteiger partial charge in [0.2, 0.25) is 5.91 Å². The molecule has 1 atom stereocenters. The van der Waals surface area contributed by atoms with Gasteiger partial charge in [0.1, 0.15) is 0 Å². The molecule has 0 spiro atoms. The molecule has 1 aliphatic heterocycles. The highest BCUT2D eigenvalue weighted by Gasteiger charge is 2.30. The fourth-order valence-electron chi connectivity index (χ4n) is 3.15. The predicted molar refractivity (Wildman–Crippen MR) is 67.9 cm³/mol. The summed E-state index contributed by atoms with van der Waals surface area (Å²) in [5.41, 5.74) is 0. The lowest BCUT2D eigenvalue weighted by Gasteiger charge is -2.32. The summed E-state index contributed by atoms with van der Waals surface area (Å²) in [7, 11) is 1.42. The lowest BCUT2D eigenvalue weighted by atomic mass is 9.96. The molecule has 2 rings (SSSR count). The van der Waals surface area contributed by atoms with Gasteiger partial charge in [-0.05, 0) is 31.6 Å². The van der Waals surface area contributed by atoms with Crippen LogP contribution in [-0.4, -0.2) is 37.0 Å². The van der Waals surface area contributed by atoms with Crippen molar-refractivity contribution in [2.24, 2.45) is 11.8 Å². The van der Waals surface area contributed by atoms with E-state index in [4.69, 9.17) is 4.74 Å². The van der Waals surface area contributed by atoms with Gasteiger partial charge in [0.05, 0.1) is 13.0 Å². The monoisotopic (exact) mass is 253 g/mol. The number of ether oxygens (including phenoxy) is 1. The summed E-state index contributed by atoms with van der Waals surface area (Å²) >= 11 is 0. The van der Waals surface area contributed by atoms with E-state index in [0.29, 0.717) is 18.9 Å². The minimum absolute atomic E-state index is 0.115. The Hall–Kier alpha value is -1.06. The average molecular weight is 253 g/mol. The maximum absolute atomic E-state index is 12.2. The number of esters is 1. The van der Waals surface area contributed by atoms with Crippen LogP contribution in [-0.2, 0) is 14.3 Å². The zero-order valence-corrected chi connectivity index (χ0v) is 11.2. The third-order valence-corrected chi connectivity index (χ3v) is 4.25. The fourth-order valence-corrected chi connectivity index (χ4v) is 3.15. The van der Waals surface area contributed by atoms with Gasteiger partial charge in [-0.2, -0.15) is 0 Å². The van der Waals surface area contributed by atoms with Gasteiger partial charge < -0.3 is 9.64 Å². The zero-order chi connectivity index (χ0) is 13.0. The van der Waals surface area contributed by atoms with Crippen molar-refractivity contribution in [2.75, 3.05) is 20.2 Å². The van der Waals surface area contributed by atoms with Crippen molar-refractivity contribution in [1.29, 1.82) is 0 Å². The first kappa shape index (κ1) is 13.4. The molecule has 1 amide bonds. The molecular weight excluding hydrogens is 230 g/mol. The van der Waals surface area contributed by atoms with Crippen molar-refractivity contribution in [3.05, 3.63) is 0 Å². The van der Waals surface area contributed by atoms with Crippen LogP contribution in [0.5, 0.6) is 0 Å². The summed E-state index contributed by atoms with van der Waals surface area (Å²) in [6.45, 7) is 1.36. The Balaban J connectivity index is 1.83. The van der Waals surface area contributed by atoms with Crippen LogP contribution < -0.4 is 0 Å². The molecule has 1 saturated heterocycles. The summed E-state index contributed by atoms with van der Waals surface area (Å²) in [4.78, 5) is 25.6. The molecule has 4 heteroatoms. The number of hydrogen-bond donors (Lipinski definition) is 0. The van der Waals surface area contributed by atoms with Crippen LogP contribution in [0.2, 0.25) is 0 Å². The molecule has 18 heavy (non-hydrogen) atoms. The number of rotatable bonds is 3. The van der Waals surface area contributed by atoms with Gasteiger partial charge >= 0.3 is 5.97 Å². The number of carbonyl (C=O) groups is 2. The number of methoxy groups -OCH3 is 1. The topological polar surface area (TPSA) is 46.6 Å². The minimum atomic E-state index is -0.173. The van der Waals surface area contributed by atoms with Crippen LogP contribution in [0, 0.1) is 11.8 Å². The van der Waals surface area contributed by atoms with Crippen molar-refractivity contribution >= 4 is 11.9 Å². The van der Waals surface area contributed by atoms with Gasteiger partial charge in [-0.3, -0.25) is 9.59 Å². The first-order valence-electron chi connectivity index (χ1n) is 7.06. The minimum Gasteiger partial charge on any atom is -0.469 e. The second-order valence-electron chi connectivity index (χ2n) is 5.56. The largest absolute Gasteiger partial charge is 0.469 e. The van der Waals surface area contributed by atoms with Gasteiger partial charge in [-0.25, -0.2) is 0 Å². The highest BCUT2D eigenvalue weighted by Crippen LogP contribution is 2.29. The van der Waals surface area contributed by atoms with E-state index in [1.807, 2.05) is 4.90 Å². The Morgan fingerprint density at radius 3 is 2.56 bits per heavy atom. The van der Waals surface area contributed by atoms with Crippen molar-refractivity contribution in [2.45, 2.75) is 44.9 Å². The van der Waals surface area contributed by atoms with Crippen LogP contribution >= 0.6 is 0 Å². The number of carbonyl (C=O) groups excluding carboxylic acids is 2. The Morgan fingerprint density at radius 1 is 1.17 bits per heavy atom. The second-order valence-corrected chi connectivity index (χ2v) is 5.56. The van der Waals surface area contributed by atoms with Crippen LogP contribution in [0.4, 0.5) is 0 Å². The molecular formula is C14H23NO3. The average Bonchev–Trinajstić information content (AvgIpc) is 2.90. The Bertz CT molecular complexity index is 310. The van der Waals surface area contributed by atoms with E-state index in [9.17, 15) is 9.59 Å². The van der Waals surface area contributed by atoms with Crippen molar-refractivity contribution in [3.8, 4) is 0 Å². The van der Waals surface area contributed by atoms with E-state index in [2.05, 4.69) is 0 Å². The Labute approximate surface area is 109 Å². The molecule has 0 bridgehead atoms. The van der Waals surface area contributed by atoms with Crippen LogP contribution in [0.25, 0.3) is 0 Å². The Morgan fingerprint density at radius 2 is 1.89 bits per heavy atom. The van der Waals surface area contributed by atoms with E-state index in [1.165, 1.54) is 32.8 Å². The molecule has 4 nitrogen and oxygen atoms in total. The first-order valence-corrected chi connectivity index (χ1v) is 7.06. The summed E-state index contributed by atoms with van der Waals surface area (Å²) in [6, 6.07) is 0. The number of piperidine rings is 1. The number of hydrogen-bond acceptors (Lipinski definition) is 3. The Kier molecular flexibility index (Phi) is 4.61. The van der Waals surface area contributed by atoms with Crippen LogP contribution in [0.15, 0.2) is 0 Å². The molecule has 0 aromatic heterocycles. The first-order chi connectivity index (χ1) is 8.70. The van der Waals surface area contributed by atoms with E-state index in [-0.39, 0.29) is 17.8 Å². The van der Waals surface area contributed by atoms with E-state index < -0.39 is 0 Å². The van der Waals surface area contributed by atoms with Gasteiger partial charge in [-0.1, -0.05) is 12.8 Å². The number of amides is 1. The normalized spacial score (nSPS) is 25.2. The molecule has 0 aromatic carbocycles. The lowest BCUT2D eigenvalue weighted by Crippen LogP contribution is -2.43. The summed E-state index contributed by atoms with van der Waals surface area (Å²) < 4.78 is 4.77. The SMILES string of the molecule is COC(=O)C1CCCN(C(=O)CC2CCCC2)C1. The fraction of sp³-hybridized carbons (Fsp3) is 0.857. The van der Waals surface area contributed by atoms with E-state index in [1.54, 1.807) is 0 Å². The highest BCUT2D eigenvalue weighted by molar-refractivity contribution is 5.78. The maximum Gasteiger partial charge on any atom is 0.310 e. The summed E-state index contributed by atoms with van der Waals surface area (Å²) in [5, 5.41) is 0. The van der Waals surface area contributed by atoms with Crippen molar-refractivity contribution in [1.82, 2.24) is 4.90 Å². The quantitative estimate of drug-likeness (QED) is 0.722. The molecule has 1 saturated carbocycles. The zero-order valence-electron chi connectivity index (χ0n) is 11.2. The molecule has 0 N–H and O–H groups in total. The van der Waals surface area contributed by atoms with Gasteiger partial charge in [0.25, 0.3) is 0 Å². The highest BCUT2D eigenvalue weighted by atomic mass is 16.5. The van der Waals surface area contributed by atoms with Gasteiger partial charge in [0, 0.05) is 19.5 Å². The molecule has 2 aliphatic rings. The van der Waals surface area contributed by atoms with Crippen LogP contribution in [0.3, 0.4) is 0 Å². The van der Waals surface area contributed by atoms with E-state index >= 15 is 0 Å². The number of nitrogens with zero attached hydrogens (tertiary/aromatic N) is 1. The summed E-state index contributed by atoms with van der Waals surface area (Å²) in [6.07, 6.45) is 7.36. The molecule has 2 fully saturated rings. The van der Waals surface area contributed by atoms with Gasteiger partial charge in [0.15, 0.2) is 0 Å². The standard InChI is InChI=1S/C14H23NO3/c1-18-14(17)12-7-4-8-15(10-12)13(16)9-11-5-2-3-6-11/h11-12H,2-10H2,1H3. The molecule has 1 aliphatic carbocycles. The van der Waals surface area contributed by atoms with E-state index in [0.717, 1.165) is 19.4 Å². The van der Waals surface area contributed by atoms with Crippen molar-refractivity contribution < 1.29 is 14.3 Å². The predicted octanol–water partition coefficient (Wildman–Crippen LogP) is 1.98. The van der Waals surface area contributed by atoms with Crippen molar-refractivity contribution in [3.63, 3.8) is 0 Å². The molecule has 1 unspecified atom stereocenters. The van der Waals surface area contributed by atoms with Gasteiger partial charge in [-0.15, -0.1) is 0 Å². The maximum atomic E-state index is 12.2. The second kappa shape index (κ2) is 6.21. The smallest absolute Gasteiger partial charge is 0.310 e. The molecule has 0 aromatic rings. The molecule has 102 valence electrons. The number of likely N-dealkylation sites (tertiary alicyclic amines) is 1. The molecule has 1 heterocycles. The third-order valence-electron chi connectivity index (χ3n) is 4.25. The molecule has 0 radical (unpaired) electrons. The van der Waals surface area contributed by atoms with Crippen LogP contribution in [0.1, 0.15) is 44.9 Å².